The maximum absolute atomic E-state index is 12.9. The molecular formula is C14H23ClN2O3S. The van der Waals surface area contributed by atoms with Crippen molar-refractivity contribution in [3.63, 3.8) is 0 Å². The van der Waals surface area contributed by atoms with Gasteiger partial charge < -0.3 is 10.5 Å². The Morgan fingerprint density at radius 2 is 1.95 bits per heavy atom. The lowest BCUT2D eigenvalue weighted by Crippen LogP contribution is -2.41. The van der Waals surface area contributed by atoms with Crippen LogP contribution in [0.3, 0.4) is 0 Å². The maximum atomic E-state index is 12.9. The van der Waals surface area contributed by atoms with Gasteiger partial charge in [-0.05, 0) is 31.0 Å². The first-order valence-electron chi connectivity index (χ1n) is 6.94. The summed E-state index contributed by atoms with van der Waals surface area (Å²) >= 11 is 6.07. The van der Waals surface area contributed by atoms with E-state index in [1.54, 1.807) is 13.2 Å². The van der Waals surface area contributed by atoms with E-state index in [9.17, 15) is 8.42 Å². The van der Waals surface area contributed by atoms with Crippen molar-refractivity contribution >= 4 is 27.3 Å². The number of halogens is 1. The minimum absolute atomic E-state index is 0.0845. The van der Waals surface area contributed by atoms with Crippen LogP contribution in [0.1, 0.15) is 26.7 Å². The van der Waals surface area contributed by atoms with E-state index in [2.05, 4.69) is 0 Å². The summed E-state index contributed by atoms with van der Waals surface area (Å²) in [6, 6.07) is 4.37. The molecule has 7 heteroatoms. The van der Waals surface area contributed by atoms with Crippen LogP contribution in [0.4, 0.5) is 5.69 Å². The lowest BCUT2D eigenvalue weighted by Gasteiger charge is -2.29. The van der Waals surface area contributed by atoms with Crippen LogP contribution in [0.5, 0.6) is 0 Å². The van der Waals surface area contributed by atoms with E-state index in [4.69, 9.17) is 22.1 Å². The normalized spacial score (nSPS) is 12.3. The van der Waals surface area contributed by atoms with Crippen molar-refractivity contribution in [1.82, 2.24) is 4.31 Å². The average molecular weight is 335 g/mol. The molecule has 120 valence electrons. The number of ether oxygens (including phenoxy) is 1. The van der Waals surface area contributed by atoms with Crippen LogP contribution in [0.2, 0.25) is 5.02 Å². The summed E-state index contributed by atoms with van der Waals surface area (Å²) < 4.78 is 32.2. The Labute approximate surface area is 132 Å². The summed E-state index contributed by atoms with van der Waals surface area (Å²) in [6.45, 7) is 4.57. The number of methoxy groups -OCH3 is 1. The Morgan fingerprint density at radius 3 is 2.43 bits per heavy atom. The van der Waals surface area contributed by atoms with Gasteiger partial charge in [-0.25, -0.2) is 8.42 Å². The summed E-state index contributed by atoms with van der Waals surface area (Å²) in [4.78, 5) is 0.0846. The number of nitrogens with zero attached hydrogens (tertiary/aromatic N) is 1. The molecule has 0 unspecified atom stereocenters. The molecule has 0 bridgehead atoms. The van der Waals surface area contributed by atoms with Crippen LogP contribution in [0.25, 0.3) is 0 Å². The number of hydrogen-bond donors (Lipinski definition) is 1. The molecule has 21 heavy (non-hydrogen) atoms. The number of rotatable bonds is 8. The smallest absolute Gasteiger partial charge is 0.244 e. The highest BCUT2D eigenvalue weighted by Crippen LogP contribution is 2.28. The van der Waals surface area contributed by atoms with Gasteiger partial charge in [0.15, 0.2) is 0 Å². The number of anilines is 1. The molecule has 0 aliphatic heterocycles. The number of nitrogen functional groups attached to an aromatic ring is 1. The molecule has 0 aromatic heterocycles. The number of benzene rings is 1. The topological polar surface area (TPSA) is 72.6 Å². The number of nitrogens with two attached hydrogens (primary N) is 1. The average Bonchev–Trinajstić information content (AvgIpc) is 2.42. The molecule has 1 aromatic rings. The summed E-state index contributed by atoms with van der Waals surface area (Å²) in [5.74, 6) is 0. The van der Waals surface area contributed by atoms with Crippen molar-refractivity contribution in [3.05, 3.63) is 23.2 Å². The fourth-order valence-corrected chi connectivity index (χ4v) is 4.51. The Balaban J connectivity index is 3.25. The zero-order valence-corrected chi connectivity index (χ0v) is 14.2. The minimum Gasteiger partial charge on any atom is -0.399 e. The molecule has 0 fully saturated rings. The van der Waals surface area contributed by atoms with E-state index >= 15 is 0 Å². The summed E-state index contributed by atoms with van der Waals surface area (Å²) in [5.41, 5.74) is 6.06. The molecule has 0 saturated carbocycles. The van der Waals surface area contributed by atoms with Gasteiger partial charge in [0.25, 0.3) is 0 Å². The third-order valence-corrected chi connectivity index (χ3v) is 5.84. The lowest BCUT2D eigenvalue weighted by atomic mass is 10.2. The van der Waals surface area contributed by atoms with Gasteiger partial charge in [0, 0.05) is 25.4 Å². The molecule has 0 atom stereocenters. The van der Waals surface area contributed by atoms with E-state index in [1.807, 2.05) is 13.8 Å². The second-order valence-electron chi connectivity index (χ2n) is 4.77. The van der Waals surface area contributed by atoms with E-state index in [1.165, 1.54) is 16.4 Å². The number of sulfonamides is 1. The van der Waals surface area contributed by atoms with Gasteiger partial charge >= 0.3 is 0 Å². The second-order valence-corrected chi connectivity index (χ2v) is 7.03. The van der Waals surface area contributed by atoms with Crippen molar-refractivity contribution in [3.8, 4) is 0 Å². The molecule has 0 radical (unpaired) electrons. The highest BCUT2D eigenvalue weighted by atomic mass is 35.5. The maximum Gasteiger partial charge on any atom is 0.244 e. The second kappa shape index (κ2) is 7.98. The standard InChI is InChI=1S/C14H23ClN2O3S/c1-4-12(5-2)17(8-9-20-3)21(18,19)14-7-6-11(16)10-13(14)15/h6-7,10,12H,4-5,8-9,16H2,1-3H3. The predicted molar refractivity (Wildman–Crippen MR) is 86.0 cm³/mol. The molecule has 0 aliphatic carbocycles. The molecule has 1 rings (SSSR count). The first kappa shape index (κ1) is 18.2. The van der Waals surface area contributed by atoms with Crippen molar-refractivity contribution in [1.29, 1.82) is 0 Å². The molecule has 0 amide bonds. The molecule has 0 spiro atoms. The lowest BCUT2D eigenvalue weighted by molar-refractivity contribution is 0.163. The summed E-state index contributed by atoms with van der Waals surface area (Å²) in [7, 11) is -2.13. The summed E-state index contributed by atoms with van der Waals surface area (Å²) in [5, 5.41) is 0.142. The minimum atomic E-state index is -3.68. The third-order valence-electron chi connectivity index (χ3n) is 3.41. The molecular weight excluding hydrogens is 312 g/mol. The van der Waals surface area contributed by atoms with E-state index in [-0.39, 0.29) is 16.0 Å². The van der Waals surface area contributed by atoms with Gasteiger partial charge in [-0.2, -0.15) is 4.31 Å². The first-order chi connectivity index (χ1) is 9.88. The van der Waals surface area contributed by atoms with E-state index in [0.717, 1.165) is 12.8 Å². The Kier molecular flexibility index (Phi) is 6.93. The van der Waals surface area contributed by atoms with Gasteiger partial charge in [-0.3, -0.25) is 0 Å². The number of hydrogen-bond acceptors (Lipinski definition) is 4. The van der Waals surface area contributed by atoms with Crippen LogP contribution in [0.15, 0.2) is 23.1 Å². The van der Waals surface area contributed by atoms with Crippen molar-refractivity contribution in [2.24, 2.45) is 0 Å². The van der Waals surface area contributed by atoms with Gasteiger partial charge in [-0.15, -0.1) is 0 Å². The van der Waals surface area contributed by atoms with Crippen molar-refractivity contribution in [2.45, 2.75) is 37.6 Å². The van der Waals surface area contributed by atoms with E-state index < -0.39 is 10.0 Å². The Morgan fingerprint density at radius 1 is 1.33 bits per heavy atom. The fraction of sp³-hybridized carbons (Fsp3) is 0.571. The fourth-order valence-electron chi connectivity index (χ4n) is 2.23. The van der Waals surface area contributed by atoms with Crippen LogP contribution in [-0.4, -0.2) is 39.0 Å². The largest absolute Gasteiger partial charge is 0.399 e. The molecule has 0 saturated heterocycles. The van der Waals surface area contributed by atoms with E-state index in [0.29, 0.717) is 18.8 Å². The predicted octanol–water partition coefficient (Wildman–Crippen LogP) is 2.75. The molecule has 2 N–H and O–H groups in total. The SMILES string of the molecule is CCC(CC)N(CCOC)S(=O)(=O)c1ccc(N)cc1Cl. The Bertz CT molecular complexity index is 559. The first-order valence-corrected chi connectivity index (χ1v) is 8.76. The van der Waals surface area contributed by atoms with Crippen molar-refractivity contribution in [2.75, 3.05) is 26.0 Å². The van der Waals surface area contributed by atoms with Gasteiger partial charge in [0.1, 0.15) is 4.90 Å². The van der Waals surface area contributed by atoms with Crippen LogP contribution < -0.4 is 5.73 Å². The molecule has 0 aliphatic rings. The van der Waals surface area contributed by atoms with Gasteiger partial charge in [-0.1, -0.05) is 25.4 Å². The van der Waals surface area contributed by atoms with Crippen LogP contribution in [0, 0.1) is 0 Å². The van der Waals surface area contributed by atoms with Crippen LogP contribution >= 0.6 is 11.6 Å². The molecule has 5 nitrogen and oxygen atoms in total. The quantitative estimate of drug-likeness (QED) is 0.742. The Hall–Kier alpha value is -0.820. The highest BCUT2D eigenvalue weighted by Gasteiger charge is 2.31. The monoisotopic (exact) mass is 334 g/mol. The zero-order chi connectivity index (χ0) is 16.0. The molecule has 1 aromatic carbocycles. The molecule has 0 heterocycles. The van der Waals surface area contributed by atoms with Gasteiger partial charge in [0.05, 0.1) is 11.6 Å². The summed E-state index contributed by atoms with van der Waals surface area (Å²) in [6.07, 6.45) is 1.46. The van der Waals surface area contributed by atoms with Gasteiger partial charge in [0.2, 0.25) is 10.0 Å². The van der Waals surface area contributed by atoms with Crippen LogP contribution in [-0.2, 0) is 14.8 Å². The van der Waals surface area contributed by atoms with Crippen molar-refractivity contribution < 1.29 is 13.2 Å². The zero-order valence-electron chi connectivity index (χ0n) is 12.7. The third kappa shape index (κ3) is 4.32. The highest BCUT2D eigenvalue weighted by molar-refractivity contribution is 7.89.